The third-order valence-electron chi connectivity index (χ3n) is 3.47. The van der Waals surface area contributed by atoms with Crippen LogP contribution in [0, 0.1) is 0 Å². The minimum Gasteiger partial charge on any atom is -0.464 e. The summed E-state index contributed by atoms with van der Waals surface area (Å²) < 4.78 is 6.60. The molecular formula is C14H14N2O3. The lowest BCUT2D eigenvalue weighted by atomic mass is 9.99. The van der Waals surface area contributed by atoms with E-state index < -0.39 is 11.5 Å². The Hall–Kier alpha value is -2.30. The number of para-hydroxylation sites is 1. The minimum atomic E-state index is -1.12. The third kappa shape index (κ3) is 1.47. The highest BCUT2D eigenvalue weighted by molar-refractivity contribution is 6.01. The van der Waals surface area contributed by atoms with Gasteiger partial charge < -0.3 is 10.1 Å². The molecule has 5 nitrogen and oxygen atoms in total. The first-order chi connectivity index (χ1) is 9.08. The van der Waals surface area contributed by atoms with Crippen molar-refractivity contribution in [1.82, 2.24) is 9.88 Å². The number of nitrogens with one attached hydrogen (secondary N) is 1. The van der Waals surface area contributed by atoms with Crippen LogP contribution in [0.5, 0.6) is 0 Å². The van der Waals surface area contributed by atoms with E-state index in [0.717, 1.165) is 10.9 Å². The molecule has 0 saturated heterocycles. The molecule has 1 amide bonds. The molecule has 5 heteroatoms. The van der Waals surface area contributed by atoms with E-state index in [4.69, 9.17) is 4.74 Å². The minimum absolute atomic E-state index is 0.282. The zero-order valence-electron chi connectivity index (χ0n) is 10.8. The number of carbonyl (C=O) groups is 2. The average molecular weight is 258 g/mol. The van der Waals surface area contributed by atoms with Crippen LogP contribution >= 0.6 is 0 Å². The molecule has 0 bridgehead atoms. The fourth-order valence-electron chi connectivity index (χ4n) is 2.51. The van der Waals surface area contributed by atoms with E-state index in [0.29, 0.717) is 5.69 Å². The second-order valence-electron chi connectivity index (χ2n) is 4.70. The van der Waals surface area contributed by atoms with Gasteiger partial charge in [0.25, 0.3) is 0 Å². The number of ether oxygens (including phenoxy) is 1. The Labute approximate surface area is 110 Å². The summed E-state index contributed by atoms with van der Waals surface area (Å²) in [7, 11) is 0. The second kappa shape index (κ2) is 3.85. The maximum atomic E-state index is 12.1. The smallest absolute Gasteiger partial charge is 0.337 e. The molecule has 98 valence electrons. The highest BCUT2D eigenvalue weighted by Gasteiger charge is 2.47. The Morgan fingerprint density at radius 3 is 2.89 bits per heavy atom. The lowest BCUT2D eigenvalue weighted by molar-refractivity contribution is -0.150. The monoisotopic (exact) mass is 258 g/mol. The summed E-state index contributed by atoms with van der Waals surface area (Å²) in [5, 5.41) is 3.64. The number of carbonyl (C=O) groups excluding carboxylic acids is 2. The molecule has 2 aromatic rings. The van der Waals surface area contributed by atoms with E-state index in [9.17, 15) is 9.59 Å². The Morgan fingerprint density at radius 2 is 2.16 bits per heavy atom. The molecule has 0 saturated carbocycles. The molecule has 0 fully saturated rings. The number of benzene rings is 1. The summed E-state index contributed by atoms with van der Waals surface area (Å²) in [5.74, 6) is -0.440. The summed E-state index contributed by atoms with van der Waals surface area (Å²) in [6.45, 7) is 3.69. The van der Waals surface area contributed by atoms with Crippen LogP contribution in [0.1, 0.15) is 19.5 Å². The van der Waals surface area contributed by atoms with Crippen molar-refractivity contribution >= 4 is 22.9 Å². The van der Waals surface area contributed by atoms with Crippen LogP contribution in [0.3, 0.4) is 0 Å². The van der Waals surface area contributed by atoms with Crippen molar-refractivity contribution in [3.8, 4) is 0 Å². The fourth-order valence-corrected chi connectivity index (χ4v) is 2.51. The Bertz CT molecular complexity index is 689. The van der Waals surface area contributed by atoms with E-state index in [1.165, 1.54) is 4.57 Å². The number of aromatic nitrogens is 1. The van der Waals surface area contributed by atoms with Crippen molar-refractivity contribution in [3.05, 3.63) is 36.0 Å². The third-order valence-corrected chi connectivity index (χ3v) is 3.47. The first-order valence-corrected chi connectivity index (χ1v) is 6.18. The normalized spacial score (nSPS) is 21.3. The van der Waals surface area contributed by atoms with E-state index in [1.54, 1.807) is 13.8 Å². The van der Waals surface area contributed by atoms with Crippen LogP contribution in [0.4, 0.5) is 4.79 Å². The molecule has 0 radical (unpaired) electrons. The first kappa shape index (κ1) is 11.8. The van der Waals surface area contributed by atoms with Gasteiger partial charge in [-0.1, -0.05) is 18.2 Å². The summed E-state index contributed by atoms with van der Waals surface area (Å²) >= 11 is 0. The Balaban J connectivity index is 2.22. The number of hydrogen-bond acceptors (Lipinski definition) is 3. The van der Waals surface area contributed by atoms with Crippen LogP contribution < -0.4 is 5.32 Å². The lowest BCUT2D eigenvalue weighted by Crippen LogP contribution is -2.44. The molecule has 1 aromatic carbocycles. The fraction of sp³-hybridized carbons (Fsp3) is 0.286. The van der Waals surface area contributed by atoms with Gasteiger partial charge in [-0.2, -0.15) is 0 Å². The summed E-state index contributed by atoms with van der Waals surface area (Å²) in [6, 6.07) is 9.09. The number of rotatable bonds is 2. The van der Waals surface area contributed by atoms with Gasteiger partial charge >= 0.3 is 12.0 Å². The molecule has 3 rings (SSSR count). The van der Waals surface area contributed by atoms with Crippen molar-refractivity contribution in [1.29, 1.82) is 0 Å². The van der Waals surface area contributed by atoms with Gasteiger partial charge in [0.2, 0.25) is 0 Å². The molecule has 2 heterocycles. The molecule has 1 aromatic heterocycles. The highest BCUT2D eigenvalue weighted by atomic mass is 16.5. The molecule has 1 aliphatic heterocycles. The molecule has 0 aliphatic carbocycles. The van der Waals surface area contributed by atoms with Crippen molar-refractivity contribution in [3.63, 3.8) is 0 Å². The molecule has 19 heavy (non-hydrogen) atoms. The van der Waals surface area contributed by atoms with Gasteiger partial charge in [-0.15, -0.1) is 0 Å². The lowest BCUT2D eigenvalue weighted by Gasteiger charge is -2.20. The number of nitrogens with zero attached hydrogens (tertiary/aromatic N) is 1. The first-order valence-electron chi connectivity index (χ1n) is 6.18. The highest BCUT2D eigenvalue weighted by Crippen LogP contribution is 2.33. The topological polar surface area (TPSA) is 60.3 Å². The molecular weight excluding hydrogens is 244 g/mol. The molecule has 1 N–H and O–H groups in total. The second-order valence-corrected chi connectivity index (χ2v) is 4.70. The number of esters is 1. The van der Waals surface area contributed by atoms with Crippen molar-refractivity contribution in [2.24, 2.45) is 0 Å². The van der Waals surface area contributed by atoms with Gasteiger partial charge in [0.1, 0.15) is 0 Å². The number of amides is 1. The van der Waals surface area contributed by atoms with Crippen molar-refractivity contribution in [2.45, 2.75) is 19.4 Å². The van der Waals surface area contributed by atoms with Crippen LogP contribution in [-0.4, -0.2) is 23.2 Å². The number of fused-ring (bicyclic) bond motifs is 3. The van der Waals surface area contributed by atoms with E-state index in [2.05, 4.69) is 5.32 Å². The summed E-state index contributed by atoms with van der Waals surface area (Å²) in [4.78, 5) is 24.2. The maximum absolute atomic E-state index is 12.1. The van der Waals surface area contributed by atoms with Gasteiger partial charge in [-0.25, -0.2) is 9.59 Å². The molecule has 0 spiro atoms. The van der Waals surface area contributed by atoms with Crippen LogP contribution in [0.25, 0.3) is 10.9 Å². The van der Waals surface area contributed by atoms with Gasteiger partial charge in [0.05, 0.1) is 17.8 Å². The molecule has 1 aliphatic rings. The summed E-state index contributed by atoms with van der Waals surface area (Å²) in [6.07, 6.45) is 0. The standard InChI is InChI=1S/C14H14N2O3/c1-3-19-12(17)14(2)11-8-9-6-4-5-7-10(9)16(11)13(18)15-14/h4-8H,3H2,1-2H3,(H,15,18)/t14-/m1/s1. The predicted molar refractivity (Wildman–Crippen MR) is 69.9 cm³/mol. The predicted octanol–water partition coefficient (Wildman–Crippen LogP) is 1.99. The van der Waals surface area contributed by atoms with E-state index >= 15 is 0 Å². The van der Waals surface area contributed by atoms with Crippen molar-refractivity contribution < 1.29 is 14.3 Å². The molecule has 1 atom stereocenters. The van der Waals surface area contributed by atoms with Crippen molar-refractivity contribution in [2.75, 3.05) is 6.61 Å². The van der Waals surface area contributed by atoms with Gasteiger partial charge in [0, 0.05) is 5.39 Å². The maximum Gasteiger partial charge on any atom is 0.337 e. The quantitative estimate of drug-likeness (QED) is 0.838. The number of hydrogen-bond donors (Lipinski definition) is 1. The van der Waals surface area contributed by atoms with Gasteiger partial charge in [-0.05, 0) is 26.0 Å². The zero-order valence-corrected chi connectivity index (χ0v) is 10.8. The van der Waals surface area contributed by atoms with Crippen LogP contribution in [-0.2, 0) is 15.1 Å². The van der Waals surface area contributed by atoms with E-state index in [1.807, 2.05) is 30.3 Å². The average Bonchev–Trinajstić information content (AvgIpc) is 2.88. The zero-order chi connectivity index (χ0) is 13.6. The van der Waals surface area contributed by atoms with Gasteiger partial charge in [0.15, 0.2) is 5.54 Å². The SMILES string of the molecule is CCOC(=O)[C@]1(C)NC(=O)n2c1cc1ccccc12. The van der Waals surface area contributed by atoms with Crippen LogP contribution in [0.2, 0.25) is 0 Å². The van der Waals surface area contributed by atoms with E-state index in [-0.39, 0.29) is 12.6 Å². The van der Waals surface area contributed by atoms with Gasteiger partial charge in [-0.3, -0.25) is 4.57 Å². The van der Waals surface area contributed by atoms with Crippen LogP contribution in [0.15, 0.2) is 30.3 Å². The summed E-state index contributed by atoms with van der Waals surface area (Å²) in [5.41, 5.74) is 0.298. The Morgan fingerprint density at radius 1 is 1.42 bits per heavy atom. The Kier molecular flexibility index (Phi) is 2.38. The molecule has 0 unspecified atom stereocenters. The largest absolute Gasteiger partial charge is 0.464 e.